The minimum absolute atomic E-state index is 0.0231. The van der Waals surface area contributed by atoms with E-state index in [4.69, 9.17) is 5.11 Å². The van der Waals surface area contributed by atoms with Crippen molar-refractivity contribution in [1.29, 1.82) is 0 Å². The number of rotatable bonds is 18. The van der Waals surface area contributed by atoms with Crippen molar-refractivity contribution < 1.29 is 86.4 Å². The van der Waals surface area contributed by atoms with Crippen molar-refractivity contribution in [3.63, 3.8) is 0 Å². The van der Waals surface area contributed by atoms with E-state index in [2.05, 4.69) is 89.5 Å². The molecule has 572 valence electrons. The fourth-order valence-corrected chi connectivity index (χ4v) is 19.7. The van der Waals surface area contributed by atoms with Crippen LogP contribution in [0.3, 0.4) is 0 Å². The summed E-state index contributed by atoms with van der Waals surface area (Å²) in [7, 11) is 2.59. The van der Waals surface area contributed by atoms with E-state index in [1.807, 2.05) is 55.4 Å². The van der Waals surface area contributed by atoms with Gasteiger partial charge in [0.2, 0.25) is 25.6 Å². The summed E-state index contributed by atoms with van der Waals surface area (Å²) in [5.41, 5.74) is 0.677. The predicted octanol–water partition coefficient (Wildman–Crippen LogP) is 16.9. The number of hydrogen-bond acceptors (Lipinski definition) is 28. The third-order valence-electron chi connectivity index (χ3n) is 18.7. The number of aliphatic hydroxyl groups excluding tert-OH is 1. The van der Waals surface area contributed by atoms with Crippen LogP contribution in [0.15, 0.2) is 33.1 Å². The molecule has 0 aromatic heterocycles. The molecule has 10 aliphatic rings. The minimum atomic E-state index is -0.848. The van der Waals surface area contributed by atoms with Gasteiger partial charge in [0.25, 0.3) is 0 Å². The molecule has 101 heavy (non-hydrogen) atoms. The van der Waals surface area contributed by atoms with Crippen LogP contribution in [-0.4, -0.2) is 144 Å². The maximum Gasteiger partial charge on any atom is 0.331 e. The van der Waals surface area contributed by atoms with Crippen LogP contribution in [-0.2, 0) is 81.3 Å². The number of thioether (sulfide) groups is 10. The zero-order valence-electron chi connectivity index (χ0n) is 63.5. The van der Waals surface area contributed by atoms with Crippen LogP contribution in [0.2, 0.25) is 0 Å². The Morgan fingerprint density at radius 2 is 1.12 bits per heavy atom. The monoisotopic (exact) mass is 1600 g/mol. The van der Waals surface area contributed by atoms with Crippen LogP contribution in [0.4, 0.5) is 0 Å². The zero-order valence-corrected chi connectivity index (χ0v) is 71.7. The molecule has 0 aliphatic carbocycles. The van der Waals surface area contributed by atoms with Gasteiger partial charge in [0.1, 0.15) is 16.7 Å². The van der Waals surface area contributed by atoms with Gasteiger partial charge in [0, 0.05) is 83.2 Å². The largest absolute Gasteiger partial charge is 0.468 e. The molecule has 10 saturated heterocycles. The Balaban J connectivity index is 0.000000563. The molecule has 0 aromatic carbocycles. The van der Waals surface area contributed by atoms with Gasteiger partial charge in [0.05, 0.1) is 38.3 Å². The van der Waals surface area contributed by atoms with E-state index in [9.17, 15) is 67.1 Å². The van der Waals surface area contributed by atoms with Gasteiger partial charge < -0.3 is 19.3 Å². The van der Waals surface area contributed by atoms with Crippen LogP contribution >= 0.6 is 118 Å². The predicted molar refractivity (Wildman–Crippen MR) is 425 cm³/mol. The summed E-state index contributed by atoms with van der Waals surface area (Å²) < 4.78 is 13.9. The first-order valence-corrected chi connectivity index (χ1v) is 43.3. The summed E-state index contributed by atoms with van der Waals surface area (Å²) in [6.07, 6.45) is 17.4. The lowest BCUT2D eigenvalue weighted by atomic mass is 9.80. The van der Waals surface area contributed by atoms with Crippen LogP contribution in [0.1, 0.15) is 228 Å². The molecule has 18 nitrogen and oxygen atoms in total. The van der Waals surface area contributed by atoms with Crippen molar-refractivity contribution in [2.24, 2.45) is 44.3 Å². The number of hydrogen-bond donors (Lipinski definition) is 1. The van der Waals surface area contributed by atoms with E-state index in [0.29, 0.717) is 74.1 Å². The number of esters is 3. The van der Waals surface area contributed by atoms with E-state index in [1.54, 1.807) is 13.8 Å². The van der Waals surface area contributed by atoms with Gasteiger partial charge >= 0.3 is 17.9 Å². The van der Waals surface area contributed by atoms with Crippen molar-refractivity contribution >= 4 is 192 Å². The van der Waals surface area contributed by atoms with Gasteiger partial charge in [-0.15, -0.1) is 0 Å². The number of unbranched alkanes of at least 4 members (excludes halogenated alkanes) is 2. The molecule has 0 amide bonds. The van der Waals surface area contributed by atoms with Gasteiger partial charge in [0.15, 0.2) is 30.7 Å². The van der Waals surface area contributed by atoms with Crippen molar-refractivity contribution in [3.05, 3.63) is 33.1 Å². The molecular weight excluding hydrogens is 1490 g/mol. The van der Waals surface area contributed by atoms with E-state index in [-0.39, 0.29) is 74.4 Å². The van der Waals surface area contributed by atoms with Gasteiger partial charge in [-0.2, -0.15) is 0 Å². The highest BCUT2D eigenvalue weighted by Crippen LogP contribution is 2.56. The minimum Gasteiger partial charge on any atom is -0.468 e. The van der Waals surface area contributed by atoms with Gasteiger partial charge in [-0.1, -0.05) is 211 Å². The van der Waals surface area contributed by atoms with Crippen molar-refractivity contribution in [2.75, 3.05) is 50.4 Å². The van der Waals surface area contributed by atoms with E-state index < -0.39 is 28.7 Å². The second-order valence-corrected chi connectivity index (χ2v) is 39.4. The van der Waals surface area contributed by atoms with Crippen LogP contribution in [0, 0.1) is 44.3 Å². The van der Waals surface area contributed by atoms with Gasteiger partial charge in [-0.05, 0) is 139 Å². The van der Waals surface area contributed by atoms with Crippen LogP contribution in [0.5, 0.6) is 0 Å². The standard InChI is InChI=1S/C11H20OS.C10H16OS.C8H12OS.C7H8O3S.C7H10O2S.C7H12OS.C6H8O3S.C6H10O2S.C6H10OS.C5H6O3S/c1-3-5-7-11(8-6-4-2)9-13-10(11)12;1-8(2)5-4-6-10(3)7-9(11)12-10;1-5(2)6-8(3,4)7(9)10-6;1-2-10-6(8)3-5-4-7(9)11-5;1-3-7(4-2)5(8)10-6(7)9;1-6(2)5(8)9-7(6,3)4;1-6(4(7)9-2)3-10-5(6)8;1-2-6(3-7)4-9-5(6)8;1-3-5-4(2)6(7)8-5;1-8-4(6)3-2-9-5(3)7/h3-9H2,1-2H3;5H,4,6-7H2,1-3H3;1-4H3;3H,2,4H2,1H3;3-4H2,1-2H3;1-4H3;3H2,1-2H3;7H,2-4H2,1H3;4-5H,3H2,1-2H3;3H,2H2,1H3/b;;;5-3-;;;;;;. The summed E-state index contributed by atoms with van der Waals surface area (Å²) in [5.74, 6) is 1.72. The lowest BCUT2D eigenvalue weighted by Gasteiger charge is -2.48. The first kappa shape index (κ1) is 96.5. The molecule has 0 aromatic rings. The van der Waals surface area contributed by atoms with E-state index in [1.165, 1.54) is 156 Å². The quantitative estimate of drug-likeness (QED) is 0.0438. The smallest absolute Gasteiger partial charge is 0.331 e. The Morgan fingerprint density at radius 1 is 0.594 bits per heavy atom. The Hall–Kier alpha value is -2.54. The average Bonchev–Trinajstić information content (AvgIpc) is 0.757. The molecule has 0 radical (unpaired) electrons. The van der Waals surface area contributed by atoms with Gasteiger partial charge in [-0.25, -0.2) is 4.79 Å². The molecule has 0 spiro atoms. The Labute approximate surface area is 644 Å². The number of aliphatic hydroxyl groups is 1. The van der Waals surface area contributed by atoms with Crippen molar-refractivity contribution in [3.8, 4) is 0 Å². The molecule has 6 unspecified atom stereocenters. The second kappa shape index (κ2) is 44.1. The molecule has 1 N–H and O–H groups in total. The van der Waals surface area contributed by atoms with Crippen molar-refractivity contribution in [2.45, 2.75) is 243 Å². The van der Waals surface area contributed by atoms with Crippen molar-refractivity contribution in [1.82, 2.24) is 0 Å². The summed E-state index contributed by atoms with van der Waals surface area (Å²) in [4.78, 5) is 153. The highest BCUT2D eigenvalue weighted by Gasteiger charge is 2.56. The number of ether oxygens (including phenoxy) is 3. The number of carbonyl (C=O) groups excluding carboxylic acids is 14. The Kier molecular flexibility index (Phi) is 42.1. The summed E-state index contributed by atoms with van der Waals surface area (Å²) in [6.45, 7) is 40.7. The molecule has 10 heterocycles. The van der Waals surface area contributed by atoms with Crippen LogP contribution in [0.25, 0.3) is 0 Å². The fraction of sp³-hybridized carbons (Fsp3) is 0.726. The third kappa shape index (κ3) is 27.3. The summed E-state index contributed by atoms with van der Waals surface area (Å²) >= 11 is 13.0. The highest BCUT2D eigenvalue weighted by atomic mass is 32.2. The fourth-order valence-electron chi connectivity index (χ4n) is 9.78. The molecule has 28 heteroatoms. The number of allylic oxidation sites excluding steroid dienone is 5. The number of carbonyl (C=O) groups is 14. The molecule has 10 aliphatic heterocycles. The zero-order chi connectivity index (χ0) is 77.9. The summed E-state index contributed by atoms with van der Waals surface area (Å²) in [5, 5.41) is 11.5. The number of methoxy groups -OCH3 is 2. The molecule has 10 fully saturated rings. The molecule has 10 rings (SSSR count). The SMILES string of the molecule is CC(C)=C1SC(=O)C1(C)C.CC(C)=CCCC1(C)CC(=O)S1.CC1(C)SC(=O)C1(C)C.CCC1(CC)C(=O)SC1=O.CCC1(CO)CSC1=O.CCC1SC(=O)C1C.CCCCC1(CCCC)CSC1=O.CCOC(=O)/C=C1/CC(=O)S1.COC(=O)C1(C)CSC1=O.COC(=O)C1CSC1=O. The van der Waals surface area contributed by atoms with E-state index >= 15 is 0 Å². The highest BCUT2D eigenvalue weighted by molar-refractivity contribution is 8.29. The maximum atomic E-state index is 11.5. The first-order valence-electron chi connectivity index (χ1n) is 34.4. The molecular formula is C73H112O18S10. The molecule has 0 saturated carbocycles. The Bertz CT molecular complexity index is 3020. The average molecular weight is 1600 g/mol. The first-order chi connectivity index (χ1) is 46.9. The lowest BCUT2D eigenvalue weighted by molar-refractivity contribution is -0.154. The van der Waals surface area contributed by atoms with Crippen LogP contribution < -0.4 is 0 Å². The van der Waals surface area contributed by atoms with Gasteiger partial charge in [-0.3, -0.25) is 62.3 Å². The third-order valence-corrected chi connectivity index (χ3v) is 32.4. The molecule has 0 bridgehead atoms. The molecule has 6 atom stereocenters. The maximum absolute atomic E-state index is 11.5. The van der Waals surface area contributed by atoms with E-state index in [0.717, 1.165) is 84.9 Å². The Morgan fingerprint density at radius 3 is 1.30 bits per heavy atom. The topological polar surface area (TPSA) is 287 Å². The normalized spacial score (nSPS) is 26.4. The lowest BCUT2D eigenvalue weighted by Crippen LogP contribution is -2.52. The summed E-state index contributed by atoms with van der Waals surface area (Å²) in [6, 6.07) is 0. The second-order valence-electron chi connectivity index (χ2n) is 28.0.